The average Bonchev–Trinajstić information content (AvgIpc) is 3.38. The van der Waals surface area contributed by atoms with E-state index in [0.29, 0.717) is 19.3 Å². The maximum Gasteiger partial charge on any atom is 0.408 e. The van der Waals surface area contributed by atoms with Gasteiger partial charge in [0.1, 0.15) is 17.7 Å². The predicted octanol–water partition coefficient (Wildman–Crippen LogP) is 3.20. The van der Waals surface area contributed by atoms with Crippen LogP contribution in [0.25, 0.3) is 0 Å². The summed E-state index contributed by atoms with van der Waals surface area (Å²) < 4.78 is 10.3. The molecule has 0 aromatic rings. The summed E-state index contributed by atoms with van der Waals surface area (Å²) in [7, 11) is 1.32. The Bertz CT molecular complexity index is 650. The van der Waals surface area contributed by atoms with E-state index < -0.39 is 29.7 Å². The van der Waals surface area contributed by atoms with E-state index in [1.807, 2.05) is 0 Å². The highest BCUT2D eigenvalue weighted by molar-refractivity contribution is 5.91. The van der Waals surface area contributed by atoms with Crippen LogP contribution in [0.5, 0.6) is 0 Å². The number of methoxy groups -OCH3 is 1. The van der Waals surface area contributed by atoms with E-state index >= 15 is 0 Å². The van der Waals surface area contributed by atoms with Gasteiger partial charge in [0.25, 0.3) is 0 Å². The molecule has 1 saturated carbocycles. The van der Waals surface area contributed by atoms with Crippen LogP contribution < -0.4 is 5.32 Å². The molecular weight excluding hydrogens is 372 g/mol. The van der Waals surface area contributed by atoms with E-state index in [2.05, 4.69) is 18.5 Å². The largest absolute Gasteiger partial charge is 0.467 e. The summed E-state index contributed by atoms with van der Waals surface area (Å²) in [6.07, 6.45) is 6.55. The molecule has 1 saturated heterocycles. The molecule has 29 heavy (non-hydrogen) atoms. The van der Waals surface area contributed by atoms with E-state index in [1.54, 1.807) is 37.8 Å². The smallest absolute Gasteiger partial charge is 0.408 e. The number of rotatable bonds is 8. The van der Waals surface area contributed by atoms with Crippen LogP contribution in [0.2, 0.25) is 0 Å². The Labute approximate surface area is 173 Å². The summed E-state index contributed by atoms with van der Waals surface area (Å²) in [5.41, 5.74) is -0.686. The van der Waals surface area contributed by atoms with E-state index in [4.69, 9.17) is 9.47 Å². The highest BCUT2D eigenvalue weighted by Crippen LogP contribution is 2.40. The van der Waals surface area contributed by atoms with Gasteiger partial charge in [0.2, 0.25) is 5.91 Å². The second-order valence-corrected chi connectivity index (χ2v) is 8.81. The fraction of sp³-hybridized carbons (Fsp3) is 0.682. The molecule has 7 nitrogen and oxygen atoms in total. The number of nitrogens with one attached hydrogen (secondary N) is 1. The Hall–Kier alpha value is -2.31. The highest BCUT2D eigenvalue weighted by atomic mass is 16.6. The lowest BCUT2D eigenvalue weighted by Gasteiger charge is -2.35. The molecule has 0 aromatic heterocycles. The molecule has 1 heterocycles. The first-order valence-electron chi connectivity index (χ1n) is 10.3. The number of nitrogens with zero attached hydrogens (tertiary/aromatic N) is 1. The standard InChI is InChI=1S/C22H34N2O5/c1-7-9-15-12-13-17(20(26)28-6)24(15)19(25)18(16(8-2)14-10-11-14)23-21(27)29-22(3,4)5/h7-8,14-18H,1-2,9-13H2,3-6H3,(H,23,27)/t15-,16-,17-,18-/m0/s1. The van der Waals surface area contributed by atoms with Gasteiger partial charge in [-0.25, -0.2) is 9.59 Å². The van der Waals surface area contributed by atoms with E-state index in [0.717, 1.165) is 12.8 Å². The van der Waals surface area contributed by atoms with Gasteiger partial charge in [0.05, 0.1) is 7.11 Å². The molecule has 2 fully saturated rings. The molecule has 0 unspecified atom stereocenters. The van der Waals surface area contributed by atoms with Crippen molar-refractivity contribution < 1.29 is 23.9 Å². The Kier molecular flexibility index (Phi) is 7.49. The molecule has 1 aliphatic carbocycles. The van der Waals surface area contributed by atoms with Gasteiger partial charge in [-0.1, -0.05) is 12.2 Å². The van der Waals surface area contributed by atoms with Crippen LogP contribution in [0.15, 0.2) is 25.3 Å². The van der Waals surface area contributed by atoms with Crippen molar-refractivity contribution in [1.29, 1.82) is 0 Å². The third-order valence-corrected chi connectivity index (χ3v) is 5.43. The second kappa shape index (κ2) is 9.46. The van der Waals surface area contributed by atoms with Gasteiger partial charge >= 0.3 is 12.1 Å². The van der Waals surface area contributed by atoms with E-state index in [1.165, 1.54) is 7.11 Å². The average molecular weight is 407 g/mol. The zero-order chi connectivity index (χ0) is 21.8. The summed E-state index contributed by atoms with van der Waals surface area (Å²) in [4.78, 5) is 40.0. The normalized spacial score (nSPS) is 23.7. The summed E-state index contributed by atoms with van der Waals surface area (Å²) in [6.45, 7) is 13.0. The molecular formula is C22H34N2O5. The van der Waals surface area contributed by atoms with Gasteiger partial charge in [-0.15, -0.1) is 13.2 Å². The topological polar surface area (TPSA) is 84.9 Å². The van der Waals surface area contributed by atoms with Gasteiger partial charge in [-0.3, -0.25) is 4.79 Å². The van der Waals surface area contributed by atoms with Crippen molar-refractivity contribution in [2.24, 2.45) is 11.8 Å². The Balaban J connectivity index is 2.31. The monoisotopic (exact) mass is 406 g/mol. The van der Waals surface area contributed by atoms with Crippen molar-refractivity contribution >= 4 is 18.0 Å². The van der Waals surface area contributed by atoms with Crippen molar-refractivity contribution in [2.75, 3.05) is 7.11 Å². The summed E-state index contributed by atoms with van der Waals surface area (Å²) in [6, 6.07) is -1.66. The lowest BCUT2D eigenvalue weighted by atomic mass is 9.92. The fourth-order valence-electron chi connectivity index (χ4n) is 4.01. The maximum atomic E-state index is 13.7. The first-order valence-corrected chi connectivity index (χ1v) is 10.3. The molecule has 0 bridgehead atoms. The fourth-order valence-corrected chi connectivity index (χ4v) is 4.01. The van der Waals surface area contributed by atoms with Crippen molar-refractivity contribution in [2.45, 2.75) is 76.6 Å². The molecule has 0 spiro atoms. The predicted molar refractivity (Wildman–Crippen MR) is 110 cm³/mol. The number of ether oxygens (including phenoxy) is 2. The van der Waals surface area contributed by atoms with Crippen LogP contribution >= 0.6 is 0 Å². The van der Waals surface area contributed by atoms with Crippen LogP contribution in [0.1, 0.15) is 52.9 Å². The van der Waals surface area contributed by atoms with Crippen LogP contribution in [0, 0.1) is 11.8 Å². The zero-order valence-electron chi connectivity index (χ0n) is 18.0. The van der Waals surface area contributed by atoms with Crippen molar-refractivity contribution in [3.8, 4) is 0 Å². The second-order valence-electron chi connectivity index (χ2n) is 8.81. The first kappa shape index (κ1) is 23.0. The van der Waals surface area contributed by atoms with Gasteiger partial charge < -0.3 is 19.7 Å². The minimum absolute atomic E-state index is 0.156. The van der Waals surface area contributed by atoms with Gasteiger partial charge in [0.15, 0.2) is 0 Å². The van der Waals surface area contributed by atoms with Gasteiger partial charge in [0, 0.05) is 12.0 Å². The number of likely N-dealkylation sites (tertiary alicyclic amines) is 1. The van der Waals surface area contributed by atoms with Crippen LogP contribution in [0.4, 0.5) is 4.79 Å². The molecule has 1 N–H and O–H groups in total. The van der Waals surface area contributed by atoms with E-state index in [9.17, 15) is 14.4 Å². The Morgan fingerprint density at radius 1 is 1.17 bits per heavy atom. The Morgan fingerprint density at radius 3 is 2.31 bits per heavy atom. The van der Waals surface area contributed by atoms with Crippen LogP contribution in [-0.4, -0.2) is 53.7 Å². The minimum Gasteiger partial charge on any atom is -0.467 e. The number of hydrogen-bond donors (Lipinski definition) is 1. The molecule has 2 amide bonds. The zero-order valence-corrected chi connectivity index (χ0v) is 18.0. The van der Waals surface area contributed by atoms with Crippen molar-refractivity contribution in [3.05, 3.63) is 25.3 Å². The molecule has 4 atom stereocenters. The lowest BCUT2D eigenvalue weighted by Crippen LogP contribution is -2.57. The quantitative estimate of drug-likeness (QED) is 0.494. The molecule has 0 radical (unpaired) electrons. The maximum absolute atomic E-state index is 13.7. The number of esters is 1. The van der Waals surface area contributed by atoms with Crippen LogP contribution in [-0.2, 0) is 19.1 Å². The number of carbonyl (C=O) groups is 3. The highest BCUT2D eigenvalue weighted by Gasteiger charge is 2.47. The summed E-state index contributed by atoms with van der Waals surface area (Å²) in [5, 5.41) is 2.76. The number of carbonyl (C=O) groups excluding carboxylic acids is 3. The molecule has 2 aliphatic rings. The molecule has 7 heteroatoms. The molecule has 162 valence electrons. The summed E-state index contributed by atoms with van der Waals surface area (Å²) in [5.74, 6) is -0.679. The number of hydrogen-bond acceptors (Lipinski definition) is 5. The third-order valence-electron chi connectivity index (χ3n) is 5.43. The Morgan fingerprint density at radius 2 is 1.83 bits per heavy atom. The molecule has 1 aliphatic heterocycles. The first-order chi connectivity index (χ1) is 13.6. The molecule has 2 rings (SSSR count). The lowest BCUT2D eigenvalue weighted by molar-refractivity contribution is -0.153. The van der Waals surface area contributed by atoms with Crippen molar-refractivity contribution in [3.63, 3.8) is 0 Å². The third kappa shape index (κ3) is 5.84. The van der Waals surface area contributed by atoms with Crippen LogP contribution in [0.3, 0.4) is 0 Å². The SMILES string of the molecule is C=CC[C@H]1CC[C@@H](C(=O)OC)N1C(=O)[C@@H](NC(=O)OC(C)(C)C)[C@@H](C=C)C1CC1. The number of alkyl carbamates (subject to hydrolysis) is 1. The van der Waals surface area contributed by atoms with Gasteiger partial charge in [-0.2, -0.15) is 0 Å². The molecule has 0 aromatic carbocycles. The minimum atomic E-state index is -0.840. The summed E-state index contributed by atoms with van der Waals surface area (Å²) >= 11 is 0. The van der Waals surface area contributed by atoms with Crippen molar-refractivity contribution in [1.82, 2.24) is 10.2 Å². The number of amides is 2. The van der Waals surface area contributed by atoms with E-state index in [-0.39, 0.29) is 23.8 Å². The van der Waals surface area contributed by atoms with Gasteiger partial charge in [-0.05, 0) is 58.8 Å².